The Morgan fingerprint density at radius 3 is 2.35 bits per heavy atom. The lowest BCUT2D eigenvalue weighted by atomic mass is 10.1. The van der Waals surface area contributed by atoms with Gasteiger partial charge >= 0.3 is 5.97 Å². The van der Waals surface area contributed by atoms with Crippen LogP contribution in [0.25, 0.3) is 0 Å². The molecule has 0 aliphatic heterocycles. The van der Waals surface area contributed by atoms with E-state index in [0.29, 0.717) is 0 Å². The summed E-state index contributed by atoms with van der Waals surface area (Å²) in [5, 5.41) is 2.53. The SMILES string of the molecule is C#Cc1ccc(CC(=O)NCC(=O)OC(C)(C)C)cc1. The summed E-state index contributed by atoms with van der Waals surface area (Å²) in [7, 11) is 0. The molecule has 106 valence electrons. The van der Waals surface area contributed by atoms with Crippen molar-refractivity contribution < 1.29 is 14.3 Å². The zero-order valence-corrected chi connectivity index (χ0v) is 12.0. The van der Waals surface area contributed by atoms with E-state index in [4.69, 9.17) is 11.2 Å². The molecule has 0 spiro atoms. The Labute approximate surface area is 119 Å². The van der Waals surface area contributed by atoms with E-state index < -0.39 is 11.6 Å². The van der Waals surface area contributed by atoms with Crippen LogP contribution in [-0.4, -0.2) is 24.0 Å². The minimum absolute atomic E-state index is 0.126. The van der Waals surface area contributed by atoms with Crippen LogP contribution >= 0.6 is 0 Å². The number of nitrogens with one attached hydrogen (secondary N) is 1. The van der Waals surface area contributed by atoms with Gasteiger partial charge < -0.3 is 10.1 Å². The number of carbonyl (C=O) groups is 2. The smallest absolute Gasteiger partial charge is 0.325 e. The van der Waals surface area contributed by atoms with Crippen molar-refractivity contribution in [1.82, 2.24) is 5.32 Å². The zero-order valence-electron chi connectivity index (χ0n) is 12.0. The van der Waals surface area contributed by atoms with E-state index in [1.54, 1.807) is 45.0 Å². The van der Waals surface area contributed by atoms with Crippen LogP contribution in [0.1, 0.15) is 31.9 Å². The first-order valence-corrected chi connectivity index (χ1v) is 6.34. The summed E-state index contributed by atoms with van der Waals surface area (Å²) in [6.07, 6.45) is 5.45. The standard InChI is InChI=1S/C16H19NO3/c1-5-12-6-8-13(9-7-12)10-14(18)17-11-15(19)20-16(2,3)4/h1,6-9H,10-11H2,2-4H3,(H,17,18). The van der Waals surface area contributed by atoms with E-state index in [9.17, 15) is 9.59 Å². The summed E-state index contributed by atoms with van der Waals surface area (Å²) >= 11 is 0. The Morgan fingerprint density at radius 1 is 1.25 bits per heavy atom. The van der Waals surface area contributed by atoms with Crippen LogP contribution < -0.4 is 5.32 Å². The van der Waals surface area contributed by atoms with Crippen molar-refractivity contribution in [2.24, 2.45) is 0 Å². The molecule has 20 heavy (non-hydrogen) atoms. The van der Waals surface area contributed by atoms with E-state index in [0.717, 1.165) is 11.1 Å². The van der Waals surface area contributed by atoms with Gasteiger partial charge in [0.2, 0.25) is 5.91 Å². The Hall–Kier alpha value is -2.28. The summed E-state index contributed by atoms with van der Waals surface area (Å²) in [5.74, 6) is 1.82. The van der Waals surface area contributed by atoms with Gasteiger partial charge in [-0.3, -0.25) is 9.59 Å². The Bertz CT molecular complexity index is 518. The summed E-state index contributed by atoms with van der Waals surface area (Å²) in [4.78, 5) is 23.1. The quantitative estimate of drug-likeness (QED) is 0.670. The molecule has 0 aliphatic carbocycles. The maximum absolute atomic E-state index is 11.7. The molecule has 0 radical (unpaired) electrons. The minimum Gasteiger partial charge on any atom is -0.459 e. The number of rotatable bonds is 4. The van der Waals surface area contributed by atoms with Crippen molar-refractivity contribution in [2.75, 3.05) is 6.54 Å². The predicted molar refractivity (Wildman–Crippen MR) is 76.9 cm³/mol. The molecule has 1 aromatic rings. The summed E-state index contributed by atoms with van der Waals surface area (Å²) < 4.78 is 5.09. The summed E-state index contributed by atoms with van der Waals surface area (Å²) in [6.45, 7) is 5.21. The van der Waals surface area contributed by atoms with Gasteiger partial charge in [-0.2, -0.15) is 0 Å². The molecule has 4 heteroatoms. The largest absolute Gasteiger partial charge is 0.459 e. The zero-order chi connectivity index (χ0) is 15.2. The van der Waals surface area contributed by atoms with Crippen LogP contribution in [0.5, 0.6) is 0 Å². The highest BCUT2D eigenvalue weighted by molar-refractivity contribution is 5.83. The molecule has 0 saturated carbocycles. The number of carbonyl (C=O) groups excluding carboxylic acids is 2. The molecule has 1 N–H and O–H groups in total. The number of benzene rings is 1. The molecule has 0 aliphatic rings. The van der Waals surface area contributed by atoms with E-state index >= 15 is 0 Å². The van der Waals surface area contributed by atoms with Crippen molar-refractivity contribution in [3.8, 4) is 12.3 Å². The van der Waals surface area contributed by atoms with Crippen LogP contribution in [0.2, 0.25) is 0 Å². The van der Waals surface area contributed by atoms with Gasteiger partial charge in [-0.05, 0) is 38.5 Å². The molecule has 0 atom stereocenters. The molecule has 0 unspecified atom stereocenters. The molecule has 0 aromatic heterocycles. The van der Waals surface area contributed by atoms with Crippen molar-refractivity contribution >= 4 is 11.9 Å². The number of hydrogen-bond acceptors (Lipinski definition) is 3. The van der Waals surface area contributed by atoms with Gasteiger partial charge in [-0.15, -0.1) is 6.42 Å². The van der Waals surface area contributed by atoms with Crippen molar-refractivity contribution in [1.29, 1.82) is 0 Å². The fraction of sp³-hybridized carbons (Fsp3) is 0.375. The van der Waals surface area contributed by atoms with Crippen LogP contribution in [0, 0.1) is 12.3 Å². The topological polar surface area (TPSA) is 55.4 Å². The fourth-order valence-corrected chi connectivity index (χ4v) is 1.52. The molecular weight excluding hydrogens is 254 g/mol. The van der Waals surface area contributed by atoms with Gasteiger partial charge in [0.05, 0.1) is 6.42 Å². The maximum atomic E-state index is 11.7. The predicted octanol–water partition coefficient (Wildman–Crippen LogP) is 1.67. The van der Waals surface area contributed by atoms with Gasteiger partial charge in [0.15, 0.2) is 0 Å². The normalized spacial score (nSPS) is 10.5. The first-order valence-electron chi connectivity index (χ1n) is 6.34. The average Bonchev–Trinajstić information content (AvgIpc) is 2.35. The fourth-order valence-electron chi connectivity index (χ4n) is 1.52. The van der Waals surface area contributed by atoms with Crippen molar-refractivity contribution in [3.63, 3.8) is 0 Å². The second-order valence-electron chi connectivity index (χ2n) is 5.38. The Morgan fingerprint density at radius 2 is 1.85 bits per heavy atom. The van der Waals surface area contributed by atoms with Crippen molar-refractivity contribution in [2.45, 2.75) is 32.8 Å². The van der Waals surface area contributed by atoms with Crippen molar-refractivity contribution in [3.05, 3.63) is 35.4 Å². The van der Waals surface area contributed by atoms with Gasteiger partial charge in [0.25, 0.3) is 0 Å². The van der Waals surface area contributed by atoms with E-state index in [1.807, 2.05) is 0 Å². The number of terminal acetylenes is 1. The molecule has 1 aromatic carbocycles. The van der Waals surface area contributed by atoms with E-state index in [-0.39, 0.29) is 18.9 Å². The number of hydrogen-bond donors (Lipinski definition) is 1. The molecular formula is C16H19NO3. The van der Waals surface area contributed by atoms with Gasteiger partial charge in [-0.1, -0.05) is 18.1 Å². The highest BCUT2D eigenvalue weighted by Crippen LogP contribution is 2.06. The van der Waals surface area contributed by atoms with E-state index in [2.05, 4.69) is 11.2 Å². The Kier molecular flexibility index (Phi) is 5.33. The number of ether oxygens (including phenoxy) is 1. The molecule has 0 fully saturated rings. The summed E-state index contributed by atoms with van der Waals surface area (Å²) in [5.41, 5.74) is 1.06. The molecule has 0 heterocycles. The monoisotopic (exact) mass is 273 g/mol. The number of esters is 1. The lowest BCUT2D eigenvalue weighted by Crippen LogP contribution is -2.35. The molecule has 4 nitrogen and oxygen atoms in total. The van der Waals surface area contributed by atoms with Crippen LogP contribution in [0.15, 0.2) is 24.3 Å². The van der Waals surface area contributed by atoms with Gasteiger partial charge in [-0.25, -0.2) is 0 Å². The average molecular weight is 273 g/mol. The molecule has 1 amide bonds. The lowest BCUT2D eigenvalue weighted by Gasteiger charge is -2.19. The van der Waals surface area contributed by atoms with Crippen LogP contribution in [-0.2, 0) is 20.7 Å². The minimum atomic E-state index is -0.549. The molecule has 1 rings (SSSR count). The second-order valence-corrected chi connectivity index (χ2v) is 5.38. The Balaban J connectivity index is 2.40. The third-order valence-corrected chi connectivity index (χ3v) is 2.34. The van der Waals surface area contributed by atoms with E-state index in [1.165, 1.54) is 0 Å². The van der Waals surface area contributed by atoms with Crippen LogP contribution in [0.4, 0.5) is 0 Å². The summed E-state index contributed by atoms with van der Waals surface area (Å²) in [6, 6.07) is 7.14. The first kappa shape index (κ1) is 15.8. The van der Waals surface area contributed by atoms with Gasteiger partial charge in [0.1, 0.15) is 12.1 Å². The molecule has 0 saturated heterocycles. The first-order chi connectivity index (χ1) is 9.30. The second kappa shape index (κ2) is 6.76. The number of amides is 1. The third-order valence-electron chi connectivity index (χ3n) is 2.34. The van der Waals surface area contributed by atoms with Gasteiger partial charge in [0, 0.05) is 5.56 Å². The molecule has 0 bridgehead atoms. The third kappa shape index (κ3) is 6.05. The maximum Gasteiger partial charge on any atom is 0.325 e. The van der Waals surface area contributed by atoms with Crippen LogP contribution in [0.3, 0.4) is 0 Å². The highest BCUT2D eigenvalue weighted by atomic mass is 16.6. The lowest BCUT2D eigenvalue weighted by molar-refractivity contribution is -0.154. The highest BCUT2D eigenvalue weighted by Gasteiger charge is 2.16.